The van der Waals surface area contributed by atoms with Gasteiger partial charge in [0.1, 0.15) is 0 Å². The Morgan fingerprint density at radius 2 is 2.17 bits per heavy atom. The SMILES string of the molecule is CC[C@@H](O)c1cccc(Br)c1C. The Morgan fingerprint density at radius 3 is 2.75 bits per heavy atom. The van der Waals surface area contributed by atoms with Crippen molar-refractivity contribution in [2.24, 2.45) is 0 Å². The second kappa shape index (κ2) is 4.06. The number of aliphatic hydroxyl groups excluding tert-OH is 1. The lowest BCUT2D eigenvalue weighted by molar-refractivity contribution is 0.173. The van der Waals surface area contributed by atoms with Gasteiger partial charge in [0.2, 0.25) is 0 Å². The highest BCUT2D eigenvalue weighted by molar-refractivity contribution is 9.10. The van der Waals surface area contributed by atoms with Gasteiger partial charge in [-0.1, -0.05) is 35.0 Å². The van der Waals surface area contributed by atoms with Crippen LogP contribution in [0.2, 0.25) is 0 Å². The minimum Gasteiger partial charge on any atom is -0.388 e. The maximum absolute atomic E-state index is 9.61. The summed E-state index contributed by atoms with van der Waals surface area (Å²) in [6.45, 7) is 3.99. The van der Waals surface area contributed by atoms with Crippen LogP contribution in [0, 0.1) is 6.92 Å². The van der Waals surface area contributed by atoms with Crippen LogP contribution in [0.4, 0.5) is 0 Å². The highest BCUT2D eigenvalue weighted by Gasteiger charge is 2.08. The predicted octanol–water partition coefficient (Wildman–Crippen LogP) is 3.20. The third kappa shape index (κ3) is 1.87. The fourth-order valence-corrected chi connectivity index (χ4v) is 1.59. The Bertz CT molecular complexity index is 271. The third-order valence-electron chi connectivity index (χ3n) is 2.06. The second-order valence-corrected chi connectivity index (χ2v) is 3.73. The zero-order valence-electron chi connectivity index (χ0n) is 7.34. The van der Waals surface area contributed by atoms with Gasteiger partial charge >= 0.3 is 0 Å². The lowest BCUT2D eigenvalue weighted by atomic mass is 10.0. The van der Waals surface area contributed by atoms with Crippen LogP contribution in [0.1, 0.15) is 30.6 Å². The van der Waals surface area contributed by atoms with E-state index >= 15 is 0 Å². The molecule has 0 aliphatic carbocycles. The van der Waals surface area contributed by atoms with E-state index in [2.05, 4.69) is 15.9 Å². The van der Waals surface area contributed by atoms with Crippen LogP contribution in [-0.4, -0.2) is 5.11 Å². The molecule has 0 aromatic heterocycles. The average Bonchev–Trinajstić information content (AvgIpc) is 2.08. The first-order valence-electron chi connectivity index (χ1n) is 4.10. The number of hydrogen-bond acceptors (Lipinski definition) is 1. The first kappa shape index (κ1) is 9.75. The summed E-state index contributed by atoms with van der Waals surface area (Å²) >= 11 is 3.43. The molecule has 0 saturated carbocycles. The van der Waals surface area contributed by atoms with Crippen molar-refractivity contribution in [1.29, 1.82) is 0 Å². The van der Waals surface area contributed by atoms with Crippen LogP contribution in [0.25, 0.3) is 0 Å². The second-order valence-electron chi connectivity index (χ2n) is 2.88. The monoisotopic (exact) mass is 228 g/mol. The molecule has 1 N–H and O–H groups in total. The topological polar surface area (TPSA) is 20.2 Å². The van der Waals surface area contributed by atoms with Gasteiger partial charge in [0.25, 0.3) is 0 Å². The number of hydrogen-bond donors (Lipinski definition) is 1. The smallest absolute Gasteiger partial charge is 0.0790 e. The molecule has 0 heterocycles. The zero-order chi connectivity index (χ0) is 9.14. The maximum Gasteiger partial charge on any atom is 0.0790 e. The first-order chi connectivity index (χ1) is 5.66. The molecule has 0 unspecified atom stereocenters. The molecule has 0 aliphatic rings. The molecule has 0 amide bonds. The average molecular weight is 229 g/mol. The van der Waals surface area contributed by atoms with Crippen LogP contribution in [-0.2, 0) is 0 Å². The minimum atomic E-state index is -0.331. The molecule has 1 nitrogen and oxygen atoms in total. The molecule has 12 heavy (non-hydrogen) atoms. The Hall–Kier alpha value is -0.340. The largest absolute Gasteiger partial charge is 0.388 e. The minimum absolute atomic E-state index is 0.331. The van der Waals surface area contributed by atoms with Gasteiger partial charge in [-0.05, 0) is 30.5 Å². The summed E-state index contributed by atoms with van der Waals surface area (Å²) in [6.07, 6.45) is 0.430. The van der Waals surface area contributed by atoms with Crippen LogP contribution in [0.5, 0.6) is 0 Å². The van der Waals surface area contributed by atoms with Gasteiger partial charge in [-0.15, -0.1) is 0 Å². The fourth-order valence-electron chi connectivity index (χ4n) is 1.21. The summed E-state index contributed by atoms with van der Waals surface area (Å²) in [4.78, 5) is 0. The summed E-state index contributed by atoms with van der Waals surface area (Å²) < 4.78 is 1.06. The van der Waals surface area contributed by atoms with Gasteiger partial charge in [-0.25, -0.2) is 0 Å². The van der Waals surface area contributed by atoms with E-state index in [1.54, 1.807) is 0 Å². The van der Waals surface area contributed by atoms with Crippen molar-refractivity contribution >= 4 is 15.9 Å². The van der Waals surface area contributed by atoms with Crippen molar-refractivity contribution in [3.63, 3.8) is 0 Å². The van der Waals surface area contributed by atoms with Crippen molar-refractivity contribution < 1.29 is 5.11 Å². The van der Waals surface area contributed by atoms with Gasteiger partial charge in [0.15, 0.2) is 0 Å². The molecule has 1 aromatic carbocycles. The summed E-state index contributed by atoms with van der Waals surface area (Å²) in [5.41, 5.74) is 2.15. The molecule has 0 spiro atoms. The van der Waals surface area contributed by atoms with E-state index in [4.69, 9.17) is 0 Å². The summed E-state index contributed by atoms with van der Waals surface area (Å²) in [5.74, 6) is 0. The van der Waals surface area contributed by atoms with Gasteiger partial charge in [-0.2, -0.15) is 0 Å². The molecular formula is C10H13BrO. The quantitative estimate of drug-likeness (QED) is 0.825. The molecule has 1 aromatic rings. The molecule has 0 aliphatic heterocycles. The number of aliphatic hydroxyl groups is 1. The van der Waals surface area contributed by atoms with Crippen molar-refractivity contribution in [1.82, 2.24) is 0 Å². The van der Waals surface area contributed by atoms with E-state index in [9.17, 15) is 5.11 Å². The predicted molar refractivity (Wildman–Crippen MR) is 54.1 cm³/mol. The number of rotatable bonds is 2. The number of halogens is 1. The molecule has 0 fully saturated rings. The standard InChI is InChI=1S/C10H13BrO/c1-3-10(12)8-5-4-6-9(11)7(8)2/h4-6,10,12H,3H2,1-2H3/t10-/m1/s1. The molecule has 2 heteroatoms. The first-order valence-corrected chi connectivity index (χ1v) is 4.89. The van der Waals surface area contributed by atoms with Crippen molar-refractivity contribution in [2.45, 2.75) is 26.4 Å². The highest BCUT2D eigenvalue weighted by atomic mass is 79.9. The number of benzene rings is 1. The van der Waals surface area contributed by atoms with Gasteiger partial charge in [0, 0.05) is 4.47 Å². The van der Waals surface area contributed by atoms with Crippen LogP contribution in [0.15, 0.2) is 22.7 Å². The van der Waals surface area contributed by atoms with Crippen molar-refractivity contribution in [2.75, 3.05) is 0 Å². The zero-order valence-corrected chi connectivity index (χ0v) is 8.93. The lowest BCUT2D eigenvalue weighted by Crippen LogP contribution is -1.98. The summed E-state index contributed by atoms with van der Waals surface area (Å²) in [6, 6.07) is 5.90. The van der Waals surface area contributed by atoms with Crippen LogP contribution >= 0.6 is 15.9 Å². The molecule has 1 rings (SSSR count). The molecule has 66 valence electrons. The van der Waals surface area contributed by atoms with Gasteiger partial charge < -0.3 is 5.11 Å². The van der Waals surface area contributed by atoms with E-state index < -0.39 is 0 Å². The lowest BCUT2D eigenvalue weighted by Gasteiger charge is -2.12. The van der Waals surface area contributed by atoms with Gasteiger partial charge in [-0.3, -0.25) is 0 Å². The third-order valence-corrected chi connectivity index (χ3v) is 2.91. The molecule has 0 saturated heterocycles. The van der Waals surface area contributed by atoms with Gasteiger partial charge in [0.05, 0.1) is 6.10 Å². The Balaban J connectivity index is 3.07. The Kier molecular flexibility index (Phi) is 3.29. The van der Waals surface area contributed by atoms with Crippen molar-refractivity contribution in [3.8, 4) is 0 Å². The Labute approximate surface area is 81.6 Å². The maximum atomic E-state index is 9.61. The van der Waals surface area contributed by atoms with Crippen LogP contribution in [0.3, 0.4) is 0 Å². The fraction of sp³-hybridized carbons (Fsp3) is 0.400. The van der Waals surface area contributed by atoms with Crippen LogP contribution < -0.4 is 0 Å². The van der Waals surface area contributed by atoms with E-state index in [-0.39, 0.29) is 6.10 Å². The highest BCUT2D eigenvalue weighted by Crippen LogP contribution is 2.25. The summed E-state index contributed by atoms with van der Waals surface area (Å²) in [7, 11) is 0. The molecule has 0 radical (unpaired) electrons. The normalized spacial score (nSPS) is 13.0. The van der Waals surface area contributed by atoms with E-state index in [1.165, 1.54) is 0 Å². The summed E-state index contributed by atoms with van der Waals surface area (Å²) in [5, 5.41) is 9.61. The molecular weight excluding hydrogens is 216 g/mol. The van der Waals surface area contributed by atoms with Crippen molar-refractivity contribution in [3.05, 3.63) is 33.8 Å². The Morgan fingerprint density at radius 1 is 1.50 bits per heavy atom. The molecule has 0 bridgehead atoms. The molecule has 1 atom stereocenters. The van der Waals surface area contributed by atoms with E-state index in [0.717, 1.165) is 22.0 Å². The van der Waals surface area contributed by atoms with E-state index in [1.807, 2.05) is 32.0 Å². The van der Waals surface area contributed by atoms with E-state index in [0.29, 0.717) is 0 Å².